The highest BCUT2D eigenvalue weighted by Gasteiger charge is 2.26. The first-order valence-electron chi connectivity index (χ1n) is 10.7. The van der Waals surface area contributed by atoms with Crippen molar-refractivity contribution in [3.05, 3.63) is 53.7 Å². The quantitative estimate of drug-likeness (QED) is 0.513. The largest absolute Gasteiger partial charge is 0.450 e. The van der Waals surface area contributed by atoms with Crippen LogP contribution in [-0.2, 0) is 9.53 Å². The Labute approximate surface area is 185 Å². The van der Waals surface area contributed by atoms with E-state index in [4.69, 9.17) is 4.74 Å². The van der Waals surface area contributed by atoms with Gasteiger partial charge in [0.2, 0.25) is 0 Å². The maximum Gasteiger partial charge on any atom is 0.378 e. The van der Waals surface area contributed by atoms with E-state index in [0.717, 1.165) is 36.2 Å². The van der Waals surface area contributed by atoms with E-state index in [2.05, 4.69) is 10.1 Å². The summed E-state index contributed by atoms with van der Waals surface area (Å²) < 4.78 is 6.95. The van der Waals surface area contributed by atoms with Gasteiger partial charge in [0.25, 0.3) is 11.7 Å². The summed E-state index contributed by atoms with van der Waals surface area (Å²) in [6.07, 6.45) is 5.53. The van der Waals surface area contributed by atoms with Crippen molar-refractivity contribution in [1.82, 2.24) is 19.7 Å². The summed E-state index contributed by atoms with van der Waals surface area (Å²) in [6, 6.07) is 13.6. The van der Waals surface area contributed by atoms with Crippen LogP contribution in [0.25, 0.3) is 16.4 Å². The Bertz CT molecular complexity index is 1010. The normalized spacial score (nSPS) is 14.4. The lowest BCUT2D eigenvalue weighted by atomic mass is 9.94. The van der Waals surface area contributed by atoms with E-state index in [1.807, 2.05) is 59.7 Å². The lowest BCUT2D eigenvalue weighted by Crippen LogP contribution is -2.43. The number of ether oxygens (including phenoxy) is 1. The third-order valence-electron chi connectivity index (χ3n) is 5.54. The Morgan fingerprint density at radius 1 is 1.13 bits per heavy atom. The molecule has 4 rings (SSSR count). The van der Waals surface area contributed by atoms with Crippen molar-refractivity contribution in [2.45, 2.75) is 45.1 Å². The molecular formula is C23H26N4O3S. The van der Waals surface area contributed by atoms with Gasteiger partial charge >= 0.3 is 5.97 Å². The Kier molecular flexibility index (Phi) is 6.76. The van der Waals surface area contributed by atoms with Gasteiger partial charge in [-0.3, -0.25) is 4.79 Å². The maximum atomic E-state index is 12.7. The third-order valence-corrected chi connectivity index (χ3v) is 6.40. The van der Waals surface area contributed by atoms with Crippen LogP contribution < -0.4 is 0 Å². The molecule has 7 nitrogen and oxygen atoms in total. The number of aromatic nitrogens is 3. The number of esters is 1. The Morgan fingerprint density at radius 3 is 2.58 bits per heavy atom. The predicted molar refractivity (Wildman–Crippen MR) is 119 cm³/mol. The van der Waals surface area contributed by atoms with Gasteiger partial charge in [0.05, 0.1) is 10.6 Å². The van der Waals surface area contributed by atoms with Crippen LogP contribution in [0.2, 0.25) is 0 Å². The number of likely N-dealkylation sites (N-methyl/N-ethyl adjacent to an activating group) is 1. The van der Waals surface area contributed by atoms with Crippen molar-refractivity contribution < 1.29 is 14.3 Å². The predicted octanol–water partition coefficient (Wildman–Crippen LogP) is 4.33. The van der Waals surface area contributed by atoms with E-state index < -0.39 is 5.97 Å². The fourth-order valence-electron chi connectivity index (χ4n) is 4.02. The van der Waals surface area contributed by atoms with Crippen molar-refractivity contribution in [1.29, 1.82) is 0 Å². The van der Waals surface area contributed by atoms with Gasteiger partial charge in [0, 0.05) is 12.6 Å². The van der Waals surface area contributed by atoms with Gasteiger partial charge in [-0.25, -0.2) is 9.48 Å². The molecule has 162 valence electrons. The van der Waals surface area contributed by atoms with E-state index in [0.29, 0.717) is 12.4 Å². The molecule has 0 saturated heterocycles. The fourth-order valence-corrected chi connectivity index (χ4v) is 4.72. The Morgan fingerprint density at radius 2 is 1.90 bits per heavy atom. The molecule has 8 heteroatoms. The van der Waals surface area contributed by atoms with Crippen molar-refractivity contribution in [3.63, 3.8) is 0 Å². The highest BCUT2D eigenvalue weighted by atomic mass is 32.1. The first-order chi connectivity index (χ1) is 15.2. The van der Waals surface area contributed by atoms with E-state index in [9.17, 15) is 9.59 Å². The van der Waals surface area contributed by atoms with Gasteiger partial charge in [-0.15, -0.1) is 16.4 Å². The van der Waals surface area contributed by atoms with Crippen molar-refractivity contribution in [3.8, 4) is 16.4 Å². The van der Waals surface area contributed by atoms with Crippen LogP contribution in [0.15, 0.2) is 47.8 Å². The summed E-state index contributed by atoms with van der Waals surface area (Å²) in [5.74, 6) is -0.345. The van der Waals surface area contributed by atoms with E-state index >= 15 is 0 Å². The number of nitrogens with zero attached hydrogens (tertiary/aromatic N) is 4. The average Bonchev–Trinajstić information content (AvgIpc) is 3.49. The average molecular weight is 439 g/mol. The zero-order chi connectivity index (χ0) is 21.6. The van der Waals surface area contributed by atoms with E-state index in [1.165, 1.54) is 17.8 Å². The lowest BCUT2D eigenvalue weighted by molar-refractivity contribution is -0.137. The molecule has 1 aliphatic carbocycles. The first kappa shape index (κ1) is 21.2. The molecule has 1 aromatic carbocycles. The van der Waals surface area contributed by atoms with Crippen LogP contribution in [0.4, 0.5) is 0 Å². The number of hydrogen-bond donors (Lipinski definition) is 0. The van der Waals surface area contributed by atoms with Crippen LogP contribution in [-0.4, -0.2) is 50.7 Å². The number of thiophene rings is 1. The van der Waals surface area contributed by atoms with E-state index in [-0.39, 0.29) is 24.4 Å². The van der Waals surface area contributed by atoms with Crippen LogP contribution in [0.5, 0.6) is 0 Å². The number of hydrogen-bond acceptors (Lipinski definition) is 6. The molecule has 0 aliphatic heterocycles. The molecular weight excluding hydrogens is 412 g/mol. The van der Waals surface area contributed by atoms with Crippen LogP contribution in [0.3, 0.4) is 0 Å². The second kappa shape index (κ2) is 9.87. The molecule has 2 aromatic heterocycles. The summed E-state index contributed by atoms with van der Waals surface area (Å²) >= 11 is 1.51. The van der Waals surface area contributed by atoms with Crippen molar-refractivity contribution >= 4 is 23.2 Å². The molecule has 0 bridgehead atoms. The number of carbonyl (C=O) groups excluding carboxylic acids is 2. The van der Waals surface area contributed by atoms with Gasteiger partial charge in [0.1, 0.15) is 0 Å². The highest BCUT2D eigenvalue weighted by Crippen LogP contribution is 2.26. The molecule has 1 amide bonds. The summed E-state index contributed by atoms with van der Waals surface area (Å²) in [5.41, 5.74) is 0.794. The molecule has 0 radical (unpaired) electrons. The van der Waals surface area contributed by atoms with Gasteiger partial charge in [-0.2, -0.15) is 4.98 Å². The zero-order valence-electron chi connectivity index (χ0n) is 17.6. The molecule has 1 fully saturated rings. The van der Waals surface area contributed by atoms with Crippen LogP contribution >= 0.6 is 11.3 Å². The number of para-hydroxylation sites is 1. The summed E-state index contributed by atoms with van der Waals surface area (Å²) in [6.45, 7) is 2.28. The molecule has 1 aliphatic rings. The van der Waals surface area contributed by atoms with Crippen molar-refractivity contribution in [2.24, 2.45) is 0 Å². The first-order valence-corrected chi connectivity index (χ1v) is 11.6. The zero-order valence-corrected chi connectivity index (χ0v) is 18.4. The second-order valence-electron chi connectivity index (χ2n) is 7.53. The molecule has 1 saturated carbocycles. The monoisotopic (exact) mass is 438 g/mol. The molecule has 0 N–H and O–H groups in total. The fraction of sp³-hybridized carbons (Fsp3) is 0.391. The summed E-state index contributed by atoms with van der Waals surface area (Å²) in [4.78, 5) is 32.5. The van der Waals surface area contributed by atoms with Gasteiger partial charge in [-0.05, 0) is 43.3 Å². The van der Waals surface area contributed by atoms with Gasteiger partial charge in [0.15, 0.2) is 12.4 Å². The Balaban J connectivity index is 1.49. The summed E-state index contributed by atoms with van der Waals surface area (Å²) in [7, 11) is 0. The molecule has 0 atom stereocenters. The van der Waals surface area contributed by atoms with Crippen LogP contribution in [0, 0.1) is 0 Å². The minimum atomic E-state index is -0.694. The SMILES string of the molecule is CCN(C(=O)COC(=O)c1nc(-c2cccs2)n(-c2ccccc2)n1)C1CCCCC1. The van der Waals surface area contributed by atoms with E-state index in [1.54, 1.807) is 4.68 Å². The molecule has 2 heterocycles. The lowest BCUT2D eigenvalue weighted by Gasteiger charge is -2.33. The minimum absolute atomic E-state index is 0.0548. The standard InChI is InChI=1S/C23H26N4O3S/c1-2-26(17-10-5-3-6-11-17)20(28)16-30-23(29)21-24-22(19-14-9-15-31-19)27(25-21)18-12-7-4-8-13-18/h4,7-9,12-15,17H,2-3,5-6,10-11,16H2,1H3. The Hall–Kier alpha value is -3.00. The topological polar surface area (TPSA) is 77.3 Å². The van der Waals surface area contributed by atoms with Gasteiger partial charge < -0.3 is 9.64 Å². The number of rotatable bonds is 7. The number of benzene rings is 1. The molecule has 0 unspecified atom stereocenters. The maximum absolute atomic E-state index is 12.7. The van der Waals surface area contributed by atoms with Crippen LogP contribution in [0.1, 0.15) is 49.6 Å². The second-order valence-corrected chi connectivity index (χ2v) is 8.48. The minimum Gasteiger partial charge on any atom is -0.450 e. The molecule has 0 spiro atoms. The van der Waals surface area contributed by atoms with Gasteiger partial charge in [-0.1, -0.05) is 43.5 Å². The summed E-state index contributed by atoms with van der Waals surface area (Å²) in [5, 5.41) is 6.33. The molecule has 3 aromatic rings. The third kappa shape index (κ3) is 4.85. The number of carbonyl (C=O) groups is 2. The highest BCUT2D eigenvalue weighted by molar-refractivity contribution is 7.13. The smallest absolute Gasteiger partial charge is 0.378 e. The molecule has 31 heavy (non-hydrogen) atoms. The number of amides is 1. The van der Waals surface area contributed by atoms with Crippen molar-refractivity contribution in [2.75, 3.05) is 13.2 Å².